The molecule has 0 radical (unpaired) electrons. The number of hydrogen-bond acceptors (Lipinski definition) is 8. The van der Waals surface area contributed by atoms with Crippen molar-refractivity contribution in [1.29, 1.82) is 0 Å². The molecule has 2 aliphatic rings. The lowest BCUT2D eigenvalue weighted by Crippen LogP contribution is -2.49. The summed E-state index contributed by atoms with van der Waals surface area (Å²) in [5.74, 6) is 0.655. The van der Waals surface area contributed by atoms with Crippen LogP contribution in [0.4, 0.5) is 23.3 Å². The zero-order valence-electron chi connectivity index (χ0n) is 22.7. The lowest BCUT2D eigenvalue weighted by Gasteiger charge is -2.46. The first-order valence-corrected chi connectivity index (χ1v) is 14.0. The summed E-state index contributed by atoms with van der Waals surface area (Å²) in [6.45, 7) is 2.72. The van der Waals surface area contributed by atoms with Crippen LogP contribution >= 0.6 is 0 Å². The Kier molecular flexibility index (Phi) is 7.53. The number of rotatable bonds is 6. The number of likely N-dealkylation sites (tertiary alicyclic amines) is 2. The second-order valence-electron chi connectivity index (χ2n) is 10.6. The highest BCUT2D eigenvalue weighted by atomic mass is 16.2. The monoisotopic (exact) mass is 548 g/mol. The summed E-state index contributed by atoms with van der Waals surface area (Å²) in [6, 6.07) is 22.6. The molecule has 0 unspecified atom stereocenters. The zero-order valence-corrected chi connectivity index (χ0v) is 22.7. The Hall–Kier alpha value is -4.86. The van der Waals surface area contributed by atoms with Gasteiger partial charge in [0.05, 0.1) is 0 Å². The van der Waals surface area contributed by atoms with E-state index in [-0.39, 0.29) is 17.2 Å². The molecule has 0 aliphatic carbocycles. The van der Waals surface area contributed by atoms with Crippen molar-refractivity contribution in [3.05, 3.63) is 96.6 Å². The van der Waals surface area contributed by atoms with Crippen molar-refractivity contribution >= 4 is 35.1 Å². The molecule has 4 heterocycles. The van der Waals surface area contributed by atoms with Crippen LogP contribution in [0.5, 0.6) is 0 Å². The van der Waals surface area contributed by atoms with Crippen LogP contribution in [0.3, 0.4) is 0 Å². The molecular formula is C31H32N8O2. The number of benzene rings is 2. The van der Waals surface area contributed by atoms with Crippen molar-refractivity contribution in [3.63, 3.8) is 0 Å². The van der Waals surface area contributed by atoms with Crippen LogP contribution in [0.15, 0.2) is 85.2 Å². The first-order chi connectivity index (χ1) is 20.1. The number of carbonyl (C=O) groups excluding carboxylic acids is 2. The zero-order chi connectivity index (χ0) is 28.1. The van der Waals surface area contributed by atoms with E-state index in [1.807, 2.05) is 70.5 Å². The van der Waals surface area contributed by atoms with Crippen LogP contribution in [0, 0.1) is 5.41 Å². The van der Waals surface area contributed by atoms with Gasteiger partial charge in [0.2, 0.25) is 11.9 Å². The maximum absolute atomic E-state index is 13.3. The standard InChI is InChI=1S/C31H32N8O2/c40-27(25-11-17-32-29(36-25)34-23-7-3-1-4-8-23)38-19-13-31(14-20-38)15-21-39(22-16-31)28(41)26-12-18-33-30(37-26)35-24-9-5-2-6-10-24/h1-12,17-18H,13-16,19-22H2,(H,32,34,36)(H,33,35,37). The summed E-state index contributed by atoms with van der Waals surface area (Å²) in [4.78, 5) is 47.7. The molecule has 10 heteroatoms. The fourth-order valence-corrected chi connectivity index (χ4v) is 5.57. The van der Waals surface area contributed by atoms with E-state index in [9.17, 15) is 9.59 Å². The lowest BCUT2D eigenvalue weighted by molar-refractivity contribution is 0.0276. The van der Waals surface area contributed by atoms with Gasteiger partial charge in [0.15, 0.2) is 0 Å². The van der Waals surface area contributed by atoms with E-state index < -0.39 is 0 Å². The predicted molar refractivity (Wildman–Crippen MR) is 156 cm³/mol. The minimum Gasteiger partial charge on any atom is -0.337 e. The van der Waals surface area contributed by atoms with E-state index in [0.29, 0.717) is 49.5 Å². The van der Waals surface area contributed by atoms with E-state index in [2.05, 4.69) is 30.6 Å². The van der Waals surface area contributed by atoms with Crippen molar-refractivity contribution < 1.29 is 9.59 Å². The second-order valence-corrected chi connectivity index (χ2v) is 10.6. The number of amides is 2. The molecule has 2 aromatic carbocycles. The number of nitrogens with zero attached hydrogens (tertiary/aromatic N) is 6. The van der Waals surface area contributed by atoms with Crippen LogP contribution in [-0.2, 0) is 0 Å². The predicted octanol–water partition coefficient (Wildman–Crippen LogP) is 4.91. The van der Waals surface area contributed by atoms with E-state index in [1.54, 1.807) is 24.5 Å². The van der Waals surface area contributed by atoms with Gasteiger partial charge in [-0.25, -0.2) is 19.9 Å². The largest absolute Gasteiger partial charge is 0.337 e. The molecule has 41 heavy (non-hydrogen) atoms. The molecule has 0 saturated carbocycles. The molecular weight excluding hydrogens is 516 g/mol. The van der Waals surface area contributed by atoms with E-state index in [4.69, 9.17) is 0 Å². The maximum atomic E-state index is 13.3. The Morgan fingerprint density at radius 3 is 1.37 bits per heavy atom. The first kappa shape index (κ1) is 26.4. The Bertz CT molecular complexity index is 1380. The molecule has 2 amide bonds. The Morgan fingerprint density at radius 2 is 0.976 bits per heavy atom. The SMILES string of the molecule is O=C(c1ccnc(Nc2ccccc2)n1)N1CCC2(CC1)CCN(C(=O)c1ccnc(Nc3ccccc3)n1)CC2. The lowest BCUT2D eigenvalue weighted by atomic mass is 9.71. The number of nitrogens with one attached hydrogen (secondary N) is 2. The third kappa shape index (κ3) is 6.16. The normalized spacial score (nSPS) is 16.3. The summed E-state index contributed by atoms with van der Waals surface area (Å²) < 4.78 is 0. The molecule has 0 bridgehead atoms. The van der Waals surface area contributed by atoms with Crippen LogP contribution < -0.4 is 10.6 Å². The first-order valence-electron chi connectivity index (χ1n) is 14.0. The van der Waals surface area contributed by atoms with Gasteiger partial charge in [0.1, 0.15) is 11.4 Å². The Morgan fingerprint density at radius 1 is 0.585 bits per heavy atom. The fourth-order valence-electron chi connectivity index (χ4n) is 5.57. The molecule has 2 aliphatic heterocycles. The molecule has 0 atom stereocenters. The smallest absolute Gasteiger partial charge is 0.272 e. The molecule has 208 valence electrons. The van der Waals surface area contributed by atoms with Crippen LogP contribution in [0.25, 0.3) is 0 Å². The number of hydrogen-bond donors (Lipinski definition) is 2. The molecule has 1 spiro atoms. The molecule has 2 aromatic heterocycles. The minimum absolute atomic E-state index is 0.0744. The van der Waals surface area contributed by atoms with E-state index in [1.165, 1.54) is 0 Å². The highest BCUT2D eigenvalue weighted by Gasteiger charge is 2.40. The second kappa shape index (κ2) is 11.7. The van der Waals surface area contributed by atoms with Crippen molar-refractivity contribution in [2.24, 2.45) is 5.41 Å². The van der Waals surface area contributed by atoms with Gasteiger partial charge >= 0.3 is 0 Å². The molecule has 2 N–H and O–H groups in total. The number of para-hydroxylation sites is 2. The summed E-state index contributed by atoms with van der Waals surface area (Å²) in [5.41, 5.74) is 2.66. The minimum atomic E-state index is -0.0744. The maximum Gasteiger partial charge on any atom is 0.272 e. The highest BCUT2D eigenvalue weighted by Crippen LogP contribution is 2.41. The van der Waals surface area contributed by atoms with Crippen LogP contribution in [0.1, 0.15) is 46.7 Å². The molecule has 2 fully saturated rings. The van der Waals surface area contributed by atoms with Crippen molar-refractivity contribution in [2.75, 3.05) is 36.8 Å². The average Bonchev–Trinajstić information content (AvgIpc) is 3.02. The number of anilines is 4. The third-order valence-corrected chi connectivity index (χ3v) is 8.03. The summed E-state index contributed by atoms with van der Waals surface area (Å²) in [7, 11) is 0. The quantitative estimate of drug-likeness (QED) is 0.349. The highest BCUT2D eigenvalue weighted by molar-refractivity contribution is 5.93. The van der Waals surface area contributed by atoms with Gasteiger partial charge in [-0.2, -0.15) is 0 Å². The number of piperidine rings is 2. The summed E-state index contributed by atoms with van der Waals surface area (Å²) in [5, 5.41) is 6.30. The Labute approximate surface area is 238 Å². The van der Waals surface area contributed by atoms with Crippen LogP contribution in [0.2, 0.25) is 0 Å². The number of aromatic nitrogens is 4. The average molecular weight is 549 g/mol. The topological polar surface area (TPSA) is 116 Å². The summed E-state index contributed by atoms with van der Waals surface area (Å²) in [6.07, 6.45) is 6.89. The van der Waals surface area contributed by atoms with Gasteiger partial charge in [0, 0.05) is 49.9 Å². The van der Waals surface area contributed by atoms with Crippen molar-refractivity contribution in [1.82, 2.24) is 29.7 Å². The summed E-state index contributed by atoms with van der Waals surface area (Å²) >= 11 is 0. The van der Waals surface area contributed by atoms with Gasteiger partial charge in [-0.1, -0.05) is 36.4 Å². The van der Waals surface area contributed by atoms with Gasteiger partial charge in [-0.05, 0) is 67.5 Å². The van der Waals surface area contributed by atoms with Gasteiger partial charge in [-0.3, -0.25) is 9.59 Å². The number of carbonyl (C=O) groups is 2. The molecule has 10 nitrogen and oxygen atoms in total. The van der Waals surface area contributed by atoms with E-state index in [0.717, 1.165) is 37.1 Å². The van der Waals surface area contributed by atoms with Gasteiger partial charge < -0.3 is 20.4 Å². The fraction of sp³-hybridized carbons (Fsp3) is 0.290. The van der Waals surface area contributed by atoms with Crippen molar-refractivity contribution in [3.8, 4) is 0 Å². The molecule has 4 aromatic rings. The van der Waals surface area contributed by atoms with Crippen molar-refractivity contribution in [2.45, 2.75) is 25.7 Å². The molecule has 6 rings (SSSR count). The Balaban J connectivity index is 1.02. The third-order valence-electron chi connectivity index (χ3n) is 8.03. The van der Waals surface area contributed by atoms with Crippen LogP contribution in [-0.4, -0.2) is 67.7 Å². The van der Waals surface area contributed by atoms with E-state index >= 15 is 0 Å². The molecule has 2 saturated heterocycles. The van der Waals surface area contributed by atoms with Gasteiger partial charge in [-0.15, -0.1) is 0 Å². The van der Waals surface area contributed by atoms with Gasteiger partial charge in [0.25, 0.3) is 11.8 Å².